The molecule has 0 saturated heterocycles. The zero-order chi connectivity index (χ0) is 11.1. The number of amides is 1. The average Bonchev–Trinajstić information content (AvgIpc) is 2.64. The SMILES string of the molecule is CN(C)CCCNC(=O)Cn1cccn1. The Kier molecular flexibility index (Phi) is 4.83. The summed E-state index contributed by atoms with van der Waals surface area (Å²) in [6.07, 6.45) is 4.41. The molecule has 0 bridgehead atoms. The first-order valence-corrected chi connectivity index (χ1v) is 5.07. The smallest absolute Gasteiger partial charge is 0.241 e. The van der Waals surface area contributed by atoms with Crippen LogP contribution < -0.4 is 5.32 Å². The molecule has 1 aromatic heterocycles. The molecule has 5 nitrogen and oxygen atoms in total. The molecule has 0 aliphatic rings. The lowest BCUT2D eigenvalue weighted by Gasteiger charge is -2.09. The van der Waals surface area contributed by atoms with Crippen LogP contribution in [0.2, 0.25) is 0 Å². The molecule has 1 heterocycles. The number of carbonyl (C=O) groups is 1. The Morgan fingerprint density at radius 2 is 2.33 bits per heavy atom. The van der Waals surface area contributed by atoms with E-state index in [2.05, 4.69) is 15.3 Å². The summed E-state index contributed by atoms with van der Waals surface area (Å²) in [5, 5.41) is 6.81. The van der Waals surface area contributed by atoms with Gasteiger partial charge in [0.05, 0.1) is 0 Å². The number of hydrogen-bond acceptors (Lipinski definition) is 3. The molecule has 1 amide bonds. The highest BCUT2D eigenvalue weighted by atomic mass is 16.2. The van der Waals surface area contributed by atoms with Crippen LogP contribution >= 0.6 is 0 Å². The van der Waals surface area contributed by atoms with Crippen molar-refractivity contribution in [3.8, 4) is 0 Å². The second kappa shape index (κ2) is 6.19. The second-order valence-corrected chi connectivity index (χ2v) is 3.71. The van der Waals surface area contributed by atoms with Crippen LogP contribution in [0.1, 0.15) is 6.42 Å². The van der Waals surface area contributed by atoms with Crippen molar-refractivity contribution in [2.24, 2.45) is 0 Å². The predicted octanol–water partition coefficient (Wildman–Crippen LogP) is -0.0490. The van der Waals surface area contributed by atoms with Crippen molar-refractivity contribution < 1.29 is 4.79 Å². The van der Waals surface area contributed by atoms with Crippen molar-refractivity contribution in [1.82, 2.24) is 20.0 Å². The quantitative estimate of drug-likeness (QED) is 0.670. The van der Waals surface area contributed by atoms with Crippen molar-refractivity contribution >= 4 is 5.91 Å². The van der Waals surface area contributed by atoms with Crippen LogP contribution in [0, 0.1) is 0 Å². The summed E-state index contributed by atoms with van der Waals surface area (Å²) in [5.74, 6) is 0.0115. The first-order chi connectivity index (χ1) is 7.18. The van der Waals surface area contributed by atoms with Gasteiger partial charge in [-0.25, -0.2) is 0 Å². The van der Waals surface area contributed by atoms with Crippen molar-refractivity contribution in [3.05, 3.63) is 18.5 Å². The number of rotatable bonds is 6. The highest BCUT2D eigenvalue weighted by molar-refractivity contribution is 5.75. The zero-order valence-electron chi connectivity index (χ0n) is 9.31. The topological polar surface area (TPSA) is 50.2 Å². The fourth-order valence-electron chi connectivity index (χ4n) is 1.22. The standard InChI is InChI=1S/C10H18N4O/c1-13(2)7-3-5-11-10(15)9-14-8-4-6-12-14/h4,6,8H,3,5,7,9H2,1-2H3,(H,11,15). The Hall–Kier alpha value is -1.36. The molecule has 84 valence electrons. The lowest BCUT2D eigenvalue weighted by atomic mass is 10.4. The van der Waals surface area contributed by atoms with E-state index in [1.807, 2.05) is 14.1 Å². The maximum Gasteiger partial charge on any atom is 0.241 e. The van der Waals surface area contributed by atoms with Crippen LogP contribution in [0.25, 0.3) is 0 Å². The van der Waals surface area contributed by atoms with Crippen molar-refractivity contribution in [3.63, 3.8) is 0 Å². The van der Waals surface area contributed by atoms with E-state index in [0.29, 0.717) is 6.54 Å². The number of aromatic nitrogens is 2. The van der Waals surface area contributed by atoms with E-state index in [4.69, 9.17) is 0 Å². The molecular formula is C10H18N4O. The van der Waals surface area contributed by atoms with E-state index in [1.54, 1.807) is 23.1 Å². The van der Waals surface area contributed by atoms with Gasteiger partial charge in [-0.2, -0.15) is 5.10 Å². The first kappa shape index (κ1) is 11.7. The molecule has 0 atom stereocenters. The van der Waals surface area contributed by atoms with Gasteiger partial charge in [-0.1, -0.05) is 0 Å². The van der Waals surface area contributed by atoms with Crippen LogP contribution in [-0.4, -0.2) is 47.8 Å². The van der Waals surface area contributed by atoms with Crippen molar-refractivity contribution in [2.45, 2.75) is 13.0 Å². The van der Waals surface area contributed by atoms with Gasteiger partial charge in [0.15, 0.2) is 0 Å². The summed E-state index contributed by atoms with van der Waals surface area (Å²) in [4.78, 5) is 13.5. The zero-order valence-corrected chi connectivity index (χ0v) is 9.31. The average molecular weight is 210 g/mol. The van der Waals surface area contributed by atoms with E-state index >= 15 is 0 Å². The lowest BCUT2D eigenvalue weighted by molar-refractivity contribution is -0.121. The summed E-state index contributed by atoms with van der Waals surface area (Å²) >= 11 is 0. The Balaban J connectivity index is 2.09. The molecule has 1 rings (SSSR count). The number of carbonyl (C=O) groups excluding carboxylic acids is 1. The third-order valence-electron chi connectivity index (χ3n) is 1.97. The van der Waals surface area contributed by atoms with Gasteiger partial charge in [-0.05, 0) is 33.1 Å². The maximum absolute atomic E-state index is 11.4. The molecule has 15 heavy (non-hydrogen) atoms. The molecule has 0 aliphatic heterocycles. The Bertz CT molecular complexity index is 282. The Labute approximate surface area is 90.1 Å². The summed E-state index contributed by atoms with van der Waals surface area (Å²) in [6.45, 7) is 2.01. The van der Waals surface area contributed by atoms with Gasteiger partial charge < -0.3 is 10.2 Å². The van der Waals surface area contributed by atoms with Crippen LogP contribution in [-0.2, 0) is 11.3 Å². The van der Waals surface area contributed by atoms with Crippen LogP contribution in [0.15, 0.2) is 18.5 Å². The minimum absolute atomic E-state index is 0.0115. The van der Waals surface area contributed by atoms with E-state index < -0.39 is 0 Å². The first-order valence-electron chi connectivity index (χ1n) is 5.07. The molecule has 0 fully saturated rings. The summed E-state index contributed by atoms with van der Waals surface area (Å²) in [7, 11) is 4.04. The van der Waals surface area contributed by atoms with Gasteiger partial charge in [0.25, 0.3) is 0 Å². The van der Waals surface area contributed by atoms with E-state index in [9.17, 15) is 4.79 Å². The molecule has 1 N–H and O–H groups in total. The maximum atomic E-state index is 11.4. The third kappa shape index (κ3) is 5.17. The lowest BCUT2D eigenvalue weighted by Crippen LogP contribution is -2.30. The van der Waals surface area contributed by atoms with Crippen LogP contribution in [0.4, 0.5) is 0 Å². The van der Waals surface area contributed by atoms with E-state index in [1.165, 1.54) is 0 Å². The molecule has 0 aliphatic carbocycles. The molecule has 0 unspecified atom stereocenters. The fourth-order valence-corrected chi connectivity index (χ4v) is 1.22. The summed E-state index contributed by atoms with van der Waals surface area (Å²) in [5.41, 5.74) is 0. The molecule has 0 radical (unpaired) electrons. The van der Waals surface area contributed by atoms with Crippen molar-refractivity contribution in [2.75, 3.05) is 27.2 Å². The van der Waals surface area contributed by atoms with Gasteiger partial charge in [0.2, 0.25) is 5.91 Å². The summed E-state index contributed by atoms with van der Waals surface area (Å²) in [6, 6.07) is 1.80. The van der Waals surface area contributed by atoms with Gasteiger partial charge >= 0.3 is 0 Å². The minimum Gasteiger partial charge on any atom is -0.354 e. The Morgan fingerprint density at radius 3 is 2.93 bits per heavy atom. The fraction of sp³-hybridized carbons (Fsp3) is 0.600. The largest absolute Gasteiger partial charge is 0.354 e. The molecule has 1 aromatic rings. The molecule has 0 spiro atoms. The predicted molar refractivity (Wildman–Crippen MR) is 58.4 cm³/mol. The number of nitrogens with zero attached hydrogens (tertiary/aromatic N) is 3. The van der Waals surface area contributed by atoms with Crippen LogP contribution in [0.5, 0.6) is 0 Å². The molecular weight excluding hydrogens is 192 g/mol. The third-order valence-corrected chi connectivity index (χ3v) is 1.97. The van der Waals surface area contributed by atoms with E-state index in [-0.39, 0.29) is 5.91 Å². The highest BCUT2D eigenvalue weighted by Crippen LogP contribution is 1.85. The van der Waals surface area contributed by atoms with Crippen LogP contribution in [0.3, 0.4) is 0 Å². The molecule has 5 heteroatoms. The van der Waals surface area contributed by atoms with Crippen molar-refractivity contribution in [1.29, 1.82) is 0 Å². The number of hydrogen-bond donors (Lipinski definition) is 1. The summed E-state index contributed by atoms with van der Waals surface area (Å²) < 4.78 is 1.61. The Morgan fingerprint density at radius 1 is 1.53 bits per heavy atom. The molecule has 0 saturated carbocycles. The minimum atomic E-state index is 0.0115. The molecule has 0 aromatic carbocycles. The number of nitrogens with one attached hydrogen (secondary N) is 1. The highest BCUT2D eigenvalue weighted by Gasteiger charge is 2.01. The normalized spacial score (nSPS) is 10.6. The van der Waals surface area contributed by atoms with Gasteiger partial charge in [0.1, 0.15) is 6.54 Å². The second-order valence-electron chi connectivity index (χ2n) is 3.71. The van der Waals surface area contributed by atoms with Gasteiger partial charge in [-0.3, -0.25) is 9.48 Å². The van der Waals surface area contributed by atoms with Gasteiger partial charge in [0, 0.05) is 18.9 Å². The van der Waals surface area contributed by atoms with Gasteiger partial charge in [-0.15, -0.1) is 0 Å². The van der Waals surface area contributed by atoms with E-state index in [0.717, 1.165) is 19.5 Å². The monoisotopic (exact) mass is 210 g/mol.